The summed E-state index contributed by atoms with van der Waals surface area (Å²) in [4.78, 5) is 16.9. The van der Waals surface area contributed by atoms with Gasteiger partial charge in [0, 0.05) is 55.4 Å². The molecule has 0 aromatic heterocycles. The molecular formula is C28H38N4O4S. The predicted molar refractivity (Wildman–Crippen MR) is 148 cm³/mol. The van der Waals surface area contributed by atoms with E-state index in [1.807, 2.05) is 18.2 Å². The lowest BCUT2D eigenvalue weighted by Gasteiger charge is -2.39. The van der Waals surface area contributed by atoms with Crippen LogP contribution in [-0.4, -0.2) is 84.4 Å². The van der Waals surface area contributed by atoms with Crippen LogP contribution in [0, 0.1) is 0 Å². The molecule has 4 N–H and O–H groups in total. The largest absolute Gasteiger partial charge is 0.378 e. The van der Waals surface area contributed by atoms with E-state index in [4.69, 9.17) is 4.74 Å². The second-order valence-corrected chi connectivity index (χ2v) is 11.9. The van der Waals surface area contributed by atoms with Crippen LogP contribution in [0.4, 0.5) is 11.4 Å². The number of carbonyl (C=O) groups is 1. The molecule has 0 spiro atoms. The van der Waals surface area contributed by atoms with Gasteiger partial charge < -0.3 is 30.5 Å². The fourth-order valence-corrected chi connectivity index (χ4v) is 6.49. The Hall–Kier alpha value is -2.30. The predicted octanol–water partition coefficient (Wildman–Crippen LogP) is 2.77. The van der Waals surface area contributed by atoms with Gasteiger partial charge in [-0.3, -0.25) is 4.79 Å². The Kier molecular flexibility index (Phi) is 7.70. The van der Waals surface area contributed by atoms with Crippen LogP contribution in [-0.2, 0) is 10.2 Å². The molecule has 2 fully saturated rings. The minimum absolute atomic E-state index is 0.116. The number of rotatable bonds is 6. The van der Waals surface area contributed by atoms with Gasteiger partial charge in [0.15, 0.2) is 0 Å². The Morgan fingerprint density at radius 1 is 1.16 bits per heavy atom. The third kappa shape index (κ3) is 5.91. The highest BCUT2D eigenvalue weighted by Gasteiger charge is 2.35. The number of amides is 1. The van der Waals surface area contributed by atoms with E-state index in [-0.39, 0.29) is 23.1 Å². The molecular weight excluding hydrogens is 488 g/mol. The summed E-state index contributed by atoms with van der Waals surface area (Å²) in [5.41, 5.74) is 5.21. The van der Waals surface area contributed by atoms with Crippen LogP contribution in [0.15, 0.2) is 42.5 Å². The molecule has 5 rings (SSSR count). The first-order valence-corrected chi connectivity index (χ1v) is 14.3. The van der Waals surface area contributed by atoms with Crippen LogP contribution in [0.25, 0.3) is 0 Å². The van der Waals surface area contributed by atoms with Gasteiger partial charge in [-0.15, -0.1) is 0 Å². The number of carbonyl (C=O) groups excluding carboxylic acids is 1. The molecule has 3 aliphatic heterocycles. The minimum atomic E-state index is -1.81. The summed E-state index contributed by atoms with van der Waals surface area (Å²) < 4.78 is 5.51. The number of nitrogens with zero attached hydrogens (tertiary/aromatic N) is 2. The molecule has 37 heavy (non-hydrogen) atoms. The summed E-state index contributed by atoms with van der Waals surface area (Å²) in [6.07, 6.45) is 0.916. The highest BCUT2D eigenvalue weighted by atomic mass is 32.2. The zero-order chi connectivity index (χ0) is 26.0. The first kappa shape index (κ1) is 26.3. The standard InChI is InChI=1S/C28H38N4O4S/c1-27(2)18-25(20-4-3-5-22(16-20)31-10-13-36-14-11-31)30-24-7-6-21(17-23(24)27)26(33)29-8-9-32-12-15-37-19-28(32,34)35/h3-7,16-17,25,30,34-35H,8-15,18-19H2,1-2H3,(H,29,33). The molecule has 1 unspecified atom stereocenters. The molecule has 1 amide bonds. The zero-order valence-corrected chi connectivity index (χ0v) is 22.5. The molecule has 2 aromatic rings. The van der Waals surface area contributed by atoms with Crippen molar-refractivity contribution in [1.82, 2.24) is 10.2 Å². The number of anilines is 2. The van der Waals surface area contributed by atoms with Gasteiger partial charge in [-0.25, -0.2) is 4.90 Å². The van der Waals surface area contributed by atoms with Crippen LogP contribution in [0.5, 0.6) is 0 Å². The summed E-state index contributed by atoms with van der Waals surface area (Å²) in [5, 5.41) is 26.9. The SMILES string of the molecule is CC1(C)CC(c2cccc(N3CCOCC3)c2)Nc2ccc(C(=O)NCCN3CCSCC3(O)O)cc21. The molecule has 9 heteroatoms. The van der Waals surface area contributed by atoms with E-state index in [0.717, 1.165) is 49.7 Å². The minimum Gasteiger partial charge on any atom is -0.378 e. The lowest BCUT2D eigenvalue weighted by Crippen LogP contribution is -2.56. The summed E-state index contributed by atoms with van der Waals surface area (Å²) >= 11 is 1.52. The van der Waals surface area contributed by atoms with Crippen molar-refractivity contribution in [1.29, 1.82) is 0 Å². The smallest absolute Gasteiger partial charge is 0.251 e. The van der Waals surface area contributed by atoms with Crippen molar-refractivity contribution in [2.75, 3.05) is 67.7 Å². The monoisotopic (exact) mass is 526 g/mol. The maximum absolute atomic E-state index is 12.9. The molecule has 2 saturated heterocycles. The van der Waals surface area contributed by atoms with Crippen molar-refractivity contribution in [2.24, 2.45) is 0 Å². The number of benzene rings is 2. The number of hydrogen-bond donors (Lipinski definition) is 4. The molecule has 0 radical (unpaired) electrons. The Morgan fingerprint density at radius 3 is 2.76 bits per heavy atom. The first-order valence-electron chi connectivity index (χ1n) is 13.1. The fourth-order valence-electron chi connectivity index (χ4n) is 5.54. The maximum Gasteiger partial charge on any atom is 0.251 e. The molecule has 8 nitrogen and oxygen atoms in total. The topological polar surface area (TPSA) is 97.3 Å². The lowest BCUT2D eigenvalue weighted by atomic mass is 9.73. The Morgan fingerprint density at radius 2 is 1.97 bits per heavy atom. The lowest BCUT2D eigenvalue weighted by molar-refractivity contribution is -0.246. The number of aliphatic hydroxyl groups is 2. The van der Waals surface area contributed by atoms with Crippen LogP contribution >= 0.6 is 11.8 Å². The van der Waals surface area contributed by atoms with Gasteiger partial charge in [-0.2, -0.15) is 11.8 Å². The zero-order valence-electron chi connectivity index (χ0n) is 21.7. The van der Waals surface area contributed by atoms with E-state index in [1.165, 1.54) is 23.0 Å². The highest BCUT2D eigenvalue weighted by Crippen LogP contribution is 2.44. The van der Waals surface area contributed by atoms with E-state index in [0.29, 0.717) is 25.2 Å². The van der Waals surface area contributed by atoms with E-state index < -0.39 is 5.91 Å². The van der Waals surface area contributed by atoms with Crippen molar-refractivity contribution in [3.8, 4) is 0 Å². The fraction of sp³-hybridized carbons (Fsp3) is 0.536. The van der Waals surface area contributed by atoms with Gasteiger partial charge in [0.1, 0.15) is 0 Å². The van der Waals surface area contributed by atoms with E-state index in [2.05, 4.69) is 53.6 Å². The van der Waals surface area contributed by atoms with Crippen molar-refractivity contribution < 1.29 is 19.7 Å². The quantitative estimate of drug-likeness (QED) is 0.427. The summed E-state index contributed by atoms with van der Waals surface area (Å²) in [7, 11) is 0. The normalized spacial score (nSPS) is 23.1. The second kappa shape index (κ2) is 10.8. The number of morpholine rings is 1. The van der Waals surface area contributed by atoms with Crippen molar-refractivity contribution in [3.63, 3.8) is 0 Å². The molecule has 3 aliphatic rings. The average molecular weight is 527 g/mol. The first-order chi connectivity index (χ1) is 17.7. The van der Waals surface area contributed by atoms with Gasteiger partial charge in [-0.05, 0) is 53.3 Å². The number of ether oxygens (including phenoxy) is 1. The van der Waals surface area contributed by atoms with Gasteiger partial charge in [0.2, 0.25) is 5.91 Å². The number of nitrogens with one attached hydrogen (secondary N) is 2. The molecule has 0 bridgehead atoms. The molecule has 0 saturated carbocycles. The second-order valence-electron chi connectivity index (χ2n) is 10.8. The summed E-state index contributed by atoms with van der Waals surface area (Å²) in [5.74, 6) is -0.853. The average Bonchev–Trinajstić information content (AvgIpc) is 2.89. The van der Waals surface area contributed by atoms with Crippen molar-refractivity contribution >= 4 is 29.0 Å². The van der Waals surface area contributed by atoms with E-state index in [1.54, 1.807) is 4.90 Å². The van der Waals surface area contributed by atoms with Crippen LogP contribution in [0.1, 0.15) is 47.8 Å². The van der Waals surface area contributed by atoms with Crippen LogP contribution in [0.2, 0.25) is 0 Å². The van der Waals surface area contributed by atoms with Crippen LogP contribution in [0.3, 0.4) is 0 Å². The molecule has 0 aliphatic carbocycles. The maximum atomic E-state index is 12.9. The Labute approximate surface area is 223 Å². The summed E-state index contributed by atoms with van der Waals surface area (Å²) in [6, 6.07) is 14.9. The Bertz CT molecular complexity index is 1120. The summed E-state index contributed by atoms with van der Waals surface area (Å²) in [6.45, 7) is 9.18. The van der Waals surface area contributed by atoms with Crippen LogP contribution < -0.4 is 15.5 Å². The molecule has 1 atom stereocenters. The highest BCUT2D eigenvalue weighted by molar-refractivity contribution is 7.99. The van der Waals surface area contributed by atoms with Gasteiger partial charge >= 0.3 is 0 Å². The number of hydrogen-bond acceptors (Lipinski definition) is 8. The van der Waals surface area contributed by atoms with Crippen molar-refractivity contribution in [3.05, 3.63) is 59.2 Å². The third-order valence-electron chi connectivity index (χ3n) is 7.68. The van der Waals surface area contributed by atoms with E-state index >= 15 is 0 Å². The Balaban J connectivity index is 1.26. The molecule has 2 aromatic carbocycles. The van der Waals surface area contributed by atoms with Gasteiger partial charge in [0.05, 0.1) is 25.0 Å². The third-order valence-corrected chi connectivity index (χ3v) is 8.74. The molecule has 3 heterocycles. The van der Waals surface area contributed by atoms with Crippen molar-refractivity contribution in [2.45, 2.75) is 37.6 Å². The number of fused-ring (bicyclic) bond motifs is 1. The van der Waals surface area contributed by atoms with E-state index in [9.17, 15) is 15.0 Å². The number of thioether (sulfide) groups is 1. The van der Waals surface area contributed by atoms with Gasteiger partial charge in [0.25, 0.3) is 5.91 Å². The van der Waals surface area contributed by atoms with Gasteiger partial charge in [-0.1, -0.05) is 26.0 Å². The molecule has 200 valence electrons.